The first kappa shape index (κ1) is 17.6. The van der Waals surface area contributed by atoms with Crippen LogP contribution in [0.1, 0.15) is 5.56 Å². The second-order valence-corrected chi connectivity index (χ2v) is 7.63. The van der Waals surface area contributed by atoms with Gasteiger partial charge >= 0.3 is 0 Å². The molecule has 29 heavy (non-hydrogen) atoms. The Morgan fingerprint density at radius 3 is 2.76 bits per heavy atom. The van der Waals surface area contributed by atoms with Crippen LogP contribution in [0.15, 0.2) is 77.2 Å². The lowest BCUT2D eigenvalue weighted by Gasteiger charge is -1.99. The molecule has 0 radical (unpaired) electrons. The molecule has 0 saturated carbocycles. The quantitative estimate of drug-likeness (QED) is 0.295. The third kappa shape index (κ3) is 3.28. The van der Waals surface area contributed by atoms with E-state index in [2.05, 4.69) is 63.5 Å². The molecule has 0 saturated heterocycles. The average molecular weight is 400 g/mol. The normalized spacial score (nSPS) is 11.7. The minimum Gasteiger partial charge on any atom is -0.344 e. The highest BCUT2D eigenvalue weighted by Crippen LogP contribution is 2.28. The van der Waals surface area contributed by atoms with Crippen LogP contribution in [0.2, 0.25) is 0 Å². The van der Waals surface area contributed by atoms with Gasteiger partial charge < -0.3 is 4.57 Å². The number of para-hydroxylation sites is 1. The molecule has 0 spiro atoms. The predicted molar refractivity (Wildman–Crippen MR) is 119 cm³/mol. The van der Waals surface area contributed by atoms with Crippen LogP contribution in [0.5, 0.6) is 0 Å². The summed E-state index contributed by atoms with van der Waals surface area (Å²) in [6.07, 6.45) is 1.78. The molecule has 0 aliphatic carbocycles. The highest BCUT2D eigenvalue weighted by atomic mass is 32.1. The molecule has 5 aromatic rings. The Morgan fingerprint density at radius 2 is 1.86 bits per heavy atom. The van der Waals surface area contributed by atoms with Gasteiger partial charge in [-0.25, -0.2) is 9.37 Å². The molecule has 4 nitrogen and oxygen atoms in total. The summed E-state index contributed by atoms with van der Waals surface area (Å²) < 4.78 is 15.6. The summed E-state index contributed by atoms with van der Waals surface area (Å²) in [6, 6.07) is 21.1. The third-order valence-electron chi connectivity index (χ3n) is 4.94. The summed E-state index contributed by atoms with van der Waals surface area (Å²) in [5.74, 6) is -0.271. The molecule has 0 fully saturated rings. The summed E-state index contributed by atoms with van der Waals surface area (Å²) in [5, 5.41) is 9.30. The molecule has 5 rings (SSSR count). The number of thiazole rings is 1. The minimum atomic E-state index is -0.271. The molecular weight excluding hydrogens is 383 g/mol. The highest BCUT2D eigenvalue weighted by molar-refractivity contribution is 7.14. The molecule has 142 valence electrons. The number of nitrogens with zero attached hydrogens (tertiary/aromatic N) is 3. The maximum atomic E-state index is 13.4. The van der Waals surface area contributed by atoms with Crippen molar-refractivity contribution in [3.8, 4) is 11.3 Å². The molecule has 2 aromatic heterocycles. The molecule has 3 aromatic carbocycles. The number of halogens is 1. The Hall–Kier alpha value is -3.51. The third-order valence-corrected chi connectivity index (χ3v) is 5.68. The van der Waals surface area contributed by atoms with E-state index in [4.69, 9.17) is 0 Å². The van der Waals surface area contributed by atoms with Crippen molar-refractivity contribution in [2.45, 2.75) is 0 Å². The first-order valence-corrected chi connectivity index (χ1v) is 10.0. The van der Waals surface area contributed by atoms with Crippen LogP contribution in [0.3, 0.4) is 0 Å². The summed E-state index contributed by atoms with van der Waals surface area (Å²) >= 11 is 1.43. The number of anilines is 1. The Bertz CT molecular complexity index is 1370. The highest BCUT2D eigenvalue weighted by Gasteiger charge is 2.08. The van der Waals surface area contributed by atoms with Crippen molar-refractivity contribution in [3.63, 3.8) is 0 Å². The molecule has 0 aliphatic rings. The number of benzene rings is 3. The van der Waals surface area contributed by atoms with Crippen molar-refractivity contribution in [2.75, 3.05) is 5.43 Å². The van der Waals surface area contributed by atoms with E-state index in [9.17, 15) is 4.39 Å². The van der Waals surface area contributed by atoms with E-state index >= 15 is 0 Å². The number of nitrogens with one attached hydrogen (secondary N) is 1. The van der Waals surface area contributed by atoms with Crippen LogP contribution < -0.4 is 5.43 Å². The summed E-state index contributed by atoms with van der Waals surface area (Å²) in [7, 11) is 2.08. The van der Waals surface area contributed by atoms with Crippen LogP contribution in [0, 0.1) is 5.82 Å². The van der Waals surface area contributed by atoms with E-state index in [0.29, 0.717) is 5.13 Å². The Labute approximate surface area is 170 Å². The zero-order chi connectivity index (χ0) is 19.8. The van der Waals surface area contributed by atoms with Gasteiger partial charge in [-0.3, -0.25) is 5.43 Å². The van der Waals surface area contributed by atoms with E-state index in [0.717, 1.165) is 16.8 Å². The zero-order valence-corrected chi connectivity index (χ0v) is 16.4. The number of aryl methyl sites for hydroxylation is 1. The van der Waals surface area contributed by atoms with E-state index in [1.807, 2.05) is 17.5 Å². The van der Waals surface area contributed by atoms with Crippen molar-refractivity contribution < 1.29 is 4.39 Å². The van der Waals surface area contributed by atoms with Crippen LogP contribution in [-0.4, -0.2) is 15.8 Å². The van der Waals surface area contributed by atoms with Gasteiger partial charge in [0.15, 0.2) is 0 Å². The largest absolute Gasteiger partial charge is 0.344 e. The SMILES string of the molecule is Cn1c2ccccc2c2cc(C=NNc3nc(-c4cccc(F)c4)cs3)ccc21. The van der Waals surface area contributed by atoms with Crippen LogP contribution in [-0.2, 0) is 7.05 Å². The second kappa shape index (κ2) is 7.14. The average Bonchev–Trinajstić information content (AvgIpc) is 3.32. The van der Waals surface area contributed by atoms with Gasteiger partial charge in [0.05, 0.1) is 11.9 Å². The predicted octanol–water partition coefficient (Wildman–Crippen LogP) is 6.04. The zero-order valence-electron chi connectivity index (χ0n) is 15.6. The number of rotatable bonds is 4. The summed E-state index contributed by atoms with van der Waals surface area (Å²) in [5.41, 5.74) is 7.85. The fraction of sp³-hybridized carbons (Fsp3) is 0.0435. The molecule has 0 aliphatic heterocycles. The number of hydrazone groups is 1. The molecule has 6 heteroatoms. The van der Waals surface area contributed by atoms with Gasteiger partial charge in [-0.15, -0.1) is 11.3 Å². The van der Waals surface area contributed by atoms with Gasteiger partial charge in [0, 0.05) is 39.8 Å². The van der Waals surface area contributed by atoms with Crippen LogP contribution in [0.4, 0.5) is 9.52 Å². The van der Waals surface area contributed by atoms with Crippen molar-refractivity contribution in [1.29, 1.82) is 0 Å². The van der Waals surface area contributed by atoms with E-state index < -0.39 is 0 Å². The Balaban J connectivity index is 1.38. The molecule has 0 amide bonds. The number of hydrogen-bond acceptors (Lipinski definition) is 4. The van der Waals surface area contributed by atoms with Crippen molar-refractivity contribution in [2.24, 2.45) is 12.1 Å². The minimum absolute atomic E-state index is 0.271. The first-order valence-electron chi connectivity index (χ1n) is 9.17. The Morgan fingerprint density at radius 1 is 1.00 bits per heavy atom. The van der Waals surface area contributed by atoms with Crippen molar-refractivity contribution in [3.05, 3.63) is 83.5 Å². The molecule has 0 bridgehead atoms. The fourth-order valence-corrected chi connectivity index (χ4v) is 4.20. The van der Waals surface area contributed by atoms with Gasteiger partial charge in [-0.1, -0.05) is 36.4 Å². The van der Waals surface area contributed by atoms with Crippen molar-refractivity contribution >= 4 is 44.5 Å². The number of fused-ring (bicyclic) bond motifs is 3. The Kier molecular flexibility index (Phi) is 4.33. The lowest BCUT2D eigenvalue weighted by Crippen LogP contribution is -1.91. The lowest BCUT2D eigenvalue weighted by atomic mass is 10.1. The summed E-state index contributed by atoms with van der Waals surface area (Å²) in [6.45, 7) is 0. The smallest absolute Gasteiger partial charge is 0.203 e. The number of aromatic nitrogens is 2. The monoisotopic (exact) mass is 400 g/mol. The standard InChI is InChI=1S/C23H17FN4S/c1-28-21-8-3-2-7-18(21)19-11-15(9-10-22(19)28)13-25-27-23-26-20(14-29-23)16-5-4-6-17(24)12-16/h2-14H,1H3,(H,26,27). The topological polar surface area (TPSA) is 42.2 Å². The van der Waals surface area contributed by atoms with E-state index in [-0.39, 0.29) is 5.82 Å². The van der Waals surface area contributed by atoms with E-state index in [1.165, 1.54) is 45.3 Å². The van der Waals surface area contributed by atoms with Gasteiger partial charge in [0.1, 0.15) is 5.82 Å². The van der Waals surface area contributed by atoms with Gasteiger partial charge in [-0.05, 0) is 35.9 Å². The first-order chi connectivity index (χ1) is 14.2. The van der Waals surface area contributed by atoms with Gasteiger partial charge in [-0.2, -0.15) is 5.10 Å². The number of hydrogen-bond donors (Lipinski definition) is 1. The summed E-state index contributed by atoms with van der Waals surface area (Å²) in [4.78, 5) is 4.47. The van der Waals surface area contributed by atoms with Gasteiger partial charge in [0.2, 0.25) is 5.13 Å². The molecule has 1 N–H and O–H groups in total. The lowest BCUT2D eigenvalue weighted by molar-refractivity contribution is 0.628. The molecule has 0 unspecified atom stereocenters. The fourth-order valence-electron chi connectivity index (χ4n) is 3.53. The van der Waals surface area contributed by atoms with Crippen LogP contribution >= 0.6 is 11.3 Å². The maximum Gasteiger partial charge on any atom is 0.203 e. The van der Waals surface area contributed by atoms with Crippen LogP contribution in [0.25, 0.3) is 33.1 Å². The molecule has 2 heterocycles. The van der Waals surface area contributed by atoms with Gasteiger partial charge in [0.25, 0.3) is 0 Å². The molecule has 0 atom stereocenters. The second-order valence-electron chi connectivity index (χ2n) is 6.77. The molecular formula is C23H17FN4S. The maximum absolute atomic E-state index is 13.4. The van der Waals surface area contributed by atoms with Crippen molar-refractivity contribution in [1.82, 2.24) is 9.55 Å². The van der Waals surface area contributed by atoms with E-state index in [1.54, 1.807) is 12.3 Å².